The van der Waals surface area contributed by atoms with Gasteiger partial charge in [0.2, 0.25) is 29.5 Å². The van der Waals surface area contributed by atoms with Crippen LogP contribution in [0.3, 0.4) is 0 Å². The Hall–Kier alpha value is -2.91. The van der Waals surface area contributed by atoms with Crippen molar-refractivity contribution in [2.75, 3.05) is 18.9 Å². The first-order chi connectivity index (χ1) is 14.5. The number of carboxylic acid groups (broad SMARTS) is 1. The van der Waals surface area contributed by atoms with Crippen LogP contribution in [0.4, 0.5) is 0 Å². The Kier molecular flexibility index (Phi) is 10.2. The Morgan fingerprint density at radius 2 is 1.65 bits per heavy atom. The second kappa shape index (κ2) is 12.1. The van der Waals surface area contributed by atoms with Crippen molar-refractivity contribution in [3.05, 3.63) is 0 Å². The second-order valence-electron chi connectivity index (χ2n) is 6.72. The Morgan fingerprint density at radius 1 is 1.03 bits per heavy atom. The van der Waals surface area contributed by atoms with E-state index in [4.69, 9.17) is 11.5 Å². The average molecular weight is 462 g/mol. The molecule has 1 aliphatic rings. The Labute approximate surface area is 181 Å². The van der Waals surface area contributed by atoms with E-state index in [1.165, 1.54) is 6.92 Å². The minimum absolute atomic E-state index is 0.170. The van der Waals surface area contributed by atoms with Crippen molar-refractivity contribution in [1.29, 1.82) is 0 Å². The van der Waals surface area contributed by atoms with Crippen molar-refractivity contribution in [2.45, 2.75) is 42.8 Å². The molecule has 1 heterocycles. The highest BCUT2D eigenvalue weighted by Gasteiger charge is 2.31. The van der Waals surface area contributed by atoms with Gasteiger partial charge in [-0.3, -0.25) is 28.8 Å². The normalized spacial score (nSPS) is 29.2. The molecule has 1 rings (SSSR count). The number of carbonyl (C=O) groups is 6. The van der Waals surface area contributed by atoms with E-state index in [2.05, 4.69) is 21.3 Å². The summed E-state index contributed by atoms with van der Waals surface area (Å²) in [7, 11) is 0. The summed E-state index contributed by atoms with van der Waals surface area (Å²) in [5, 5.41) is 26.6. The zero-order valence-corrected chi connectivity index (χ0v) is 17.4. The molecule has 14 nitrogen and oxygen atoms in total. The molecule has 0 bridgehead atoms. The van der Waals surface area contributed by atoms with Crippen LogP contribution in [0.15, 0.2) is 0 Å². The smallest absolute Gasteiger partial charge is 0.318 e. The van der Waals surface area contributed by atoms with Gasteiger partial charge in [0.15, 0.2) is 0 Å². The third-order valence-electron chi connectivity index (χ3n) is 4.16. The zero-order valence-electron chi connectivity index (χ0n) is 16.6. The van der Waals surface area contributed by atoms with Crippen LogP contribution in [-0.2, 0) is 28.8 Å². The van der Waals surface area contributed by atoms with E-state index >= 15 is 0 Å². The van der Waals surface area contributed by atoms with Crippen LogP contribution in [0, 0.1) is 0 Å². The molecule has 1 aliphatic heterocycles. The predicted molar refractivity (Wildman–Crippen MR) is 107 cm³/mol. The van der Waals surface area contributed by atoms with Crippen LogP contribution in [0.1, 0.15) is 13.3 Å². The third-order valence-corrected chi connectivity index (χ3v) is 5.48. The number of thioether (sulfide) groups is 1. The second-order valence-corrected chi connectivity index (χ2v) is 7.95. The number of primary amides is 1. The number of aliphatic hydroxyl groups is 1. The molecule has 1 fully saturated rings. The van der Waals surface area contributed by atoms with E-state index in [1.807, 2.05) is 0 Å². The third kappa shape index (κ3) is 8.39. The number of rotatable bonds is 4. The SMILES string of the molecule is C[C@@H]1NC(=O)C(CO)NC(=O)[C@@H](N)CSC(C(=O)O)CNC(=O)[C@H](CC(N)=O)NC1=O. The number of aliphatic hydroxyl groups excluding tert-OH is 1. The largest absolute Gasteiger partial charge is 0.480 e. The van der Waals surface area contributed by atoms with Crippen LogP contribution in [0.25, 0.3) is 0 Å². The van der Waals surface area contributed by atoms with Gasteiger partial charge in [0.05, 0.1) is 19.1 Å². The Morgan fingerprint density at radius 3 is 2.19 bits per heavy atom. The number of nitrogens with one attached hydrogen (secondary N) is 4. The zero-order chi connectivity index (χ0) is 23.7. The van der Waals surface area contributed by atoms with Gasteiger partial charge >= 0.3 is 5.97 Å². The van der Waals surface area contributed by atoms with Crippen LogP contribution in [-0.4, -0.2) is 94.0 Å². The van der Waals surface area contributed by atoms with Crippen molar-refractivity contribution in [2.24, 2.45) is 11.5 Å². The molecular weight excluding hydrogens is 436 g/mol. The van der Waals surface area contributed by atoms with Crippen LogP contribution in [0.5, 0.6) is 0 Å². The first kappa shape index (κ1) is 26.1. The lowest BCUT2D eigenvalue weighted by Crippen LogP contribution is -2.59. The molecule has 0 aromatic rings. The highest BCUT2D eigenvalue weighted by molar-refractivity contribution is 8.00. The molecule has 15 heteroatoms. The lowest BCUT2D eigenvalue weighted by molar-refractivity contribution is -0.137. The minimum atomic E-state index is -1.42. The molecule has 0 saturated carbocycles. The number of hydrogen-bond donors (Lipinski definition) is 8. The van der Waals surface area contributed by atoms with Gasteiger partial charge in [-0.1, -0.05) is 0 Å². The molecule has 0 aromatic heterocycles. The lowest BCUT2D eigenvalue weighted by Gasteiger charge is -2.24. The average Bonchev–Trinajstić information content (AvgIpc) is 2.69. The van der Waals surface area contributed by atoms with Crippen LogP contribution < -0.4 is 32.7 Å². The van der Waals surface area contributed by atoms with Crippen molar-refractivity contribution in [3.8, 4) is 0 Å². The summed E-state index contributed by atoms with van der Waals surface area (Å²) in [5.41, 5.74) is 10.8. The van der Waals surface area contributed by atoms with E-state index in [1.54, 1.807) is 0 Å². The molecule has 1 saturated heterocycles. The summed E-state index contributed by atoms with van der Waals surface area (Å²) in [5.74, 6) is -5.80. The van der Waals surface area contributed by atoms with Gasteiger partial charge in [0.1, 0.15) is 23.4 Å². The summed E-state index contributed by atoms with van der Waals surface area (Å²) in [6.07, 6.45) is -0.566. The summed E-state index contributed by atoms with van der Waals surface area (Å²) < 4.78 is 0. The minimum Gasteiger partial charge on any atom is -0.480 e. The molecule has 5 amide bonds. The molecule has 174 valence electrons. The number of hydrogen-bond acceptors (Lipinski definition) is 9. The first-order valence-corrected chi connectivity index (χ1v) is 10.2. The molecule has 5 atom stereocenters. The maximum atomic E-state index is 12.4. The molecule has 0 aliphatic carbocycles. The molecule has 0 aromatic carbocycles. The number of carboxylic acids is 1. The maximum Gasteiger partial charge on any atom is 0.318 e. The fourth-order valence-corrected chi connectivity index (χ4v) is 3.32. The van der Waals surface area contributed by atoms with E-state index in [0.29, 0.717) is 0 Å². The number of nitrogens with two attached hydrogens (primary N) is 2. The number of amides is 5. The standard InChI is InChI=1S/C16H26N6O8S/c1-6-12(25)21-8(2-11(18)24)14(27)19-3-10(16(29)30)31-5-7(17)13(26)22-9(4-23)15(28)20-6/h6-10,23H,2-5,17H2,1H3,(H2,18,24)(H,19,27)(H,20,28)(H,21,25)(H,22,26)(H,29,30)/t6-,7-,8-,9?,10?/m0/s1. The first-order valence-electron chi connectivity index (χ1n) is 9.14. The summed E-state index contributed by atoms with van der Waals surface area (Å²) in [6.45, 7) is 0.0920. The van der Waals surface area contributed by atoms with E-state index < -0.39 is 78.0 Å². The van der Waals surface area contributed by atoms with Gasteiger partial charge in [0.25, 0.3) is 0 Å². The maximum absolute atomic E-state index is 12.4. The highest BCUT2D eigenvalue weighted by atomic mass is 32.2. The fraction of sp³-hybridized carbons (Fsp3) is 0.625. The molecule has 2 unspecified atom stereocenters. The van der Waals surface area contributed by atoms with Gasteiger partial charge in [-0.05, 0) is 6.92 Å². The molecule has 0 spiro atoms. The van der Waals surface area contributed by atoms with Crippen molar-refractivity contribution in [3.63, 3.8) is 0 Å². The van der Waals surface area contributed by atoms with E-state index in [9.17, 15) is 39.0 Å². The van der Waals surface area contributed by atoms with Gasteiger partial charge < -0.3 is 42.9 Å². The monoisotopic (exact) mass is 462 g/mol. The van der Waals surface area contributed by atoms with Crippen LogP contribution >= 0.6 is 11.8 Å². The Balaban J connectivity index is 3.15. The quantitative estimate of drug-likeness (QED) is 0.198. The molecule has 10 N–H and O–H groups in total. The number of carbonyl (C=O) groups excluding carboxylic acids is 5. The predicted octanol–water partition coefficient (Wildman–Crippen LogP) is -5.03. The summed E-state index contributed by atoms with van der Waals surface area (Å²) in [4.78, 5) is 71.9. The van der Waals surface area contributed by atoms with E-state index in [-0.39, 0.29) is 12.3 Å². The molecule has 31 heavy (non-hydrogen) atoms. The van der Waals surface area contributed by atoms with Gasteiger partial charge in [0, 0.05) is 12.3 Å². The topological polar surface area (TPSA) is 243 Å². The van der Waals surface area contributed by atoms with Crippen molar-refractivity contribution < 1.29 is 39.0 Å². The van der Waals surface area contributed by atoms with Crippen LogP contribution in [0.2, 0.25) is 0 Å². The van der Waals surface area contributed by atoms with Crippen molar-refractivity contribution >= 4 is 47.3 Å². The Bertz CT molecular complexity index is 735. The lowest BCUT2D eigenvalue weighted by atomic mass is 10.1. The number of aliphatic carboxylic acids is 1. The van der Waals surface area contributed by atoms with Gasteiger partial charge in [-0.15, -0.1) is 11.8 Å². The van der Waals surface area contributed by atoms with E-state index in [0.717, 1.165) is 11.8 Å². The highest BCUT2D eigenvalue weighted by Crippen LogP contribution is 2.12. The van der Waals surface area contributed by atoms with Gasteiger partial charge in [-0.2, -0.15) is 0 Å². The molecule has 0 radical (unpaired) electrons. The fourth-order valence-electron chi connectivity index (χ4n) is 2.39. The summed E-state index contributed by atoms with van der Waals surface area (Å²) >= 11 is 0.763. The molecular formula is C16H26N6O8S. The summed E-state index contributed by atoms with van der Waals surface area (Å²) in [6, 6.07) is -5.27. The van der Waals surface area contributed by atoms with Gasteiger partial charge in [-0.25, -0.2) is 0 Å². The van der Waals surface area contributed by atoms with Crippen molar-refractivity contribution in [1.82, 2.24) is 21.3 Å².